The fourth-order valence-electron chi connectivity index (χ4n) is 1.03. The van der Waals surface area contributed by atoms with Gasteiger partial charge in [-0.05, 0) is 30.5 Å². The third-order valence-corrected chi connectivity index (χ3v) is 1.74. The molecule has 2 nitrogen and oxygen atoms in total. The molecule has 0 aromatic carbocycles. The SMILES string of the molecule is C=CCC[C@@H](O)c1ccncc1. The quantitative estimate of drug-likeness (QED) is 0.689. The molecule has 0 fully saturated rings. The van der Waals surface area contributed by atoms with Crippen LogP contribution in [0.2, 0.25) is 0 Å². The minimum Gasteiger partial charge on any atom is -0.388 e. The minimum atomic E-state index is -0.383. The van der Waals surface area contributed by atoms with E-state index in [1.165, 1.54) is 0 Å². The first-order valence-corrected chi connectivity index (χ1v) is 4.03. The predicted molar refractivity (Wildman–Crippen MR) is 48.6 cm³/mol. The van der Waals surface area contributed by atoms with Crippen molar-refractivity contribution in [3.8, 4) is 0 Å². The zero-order valence-electron chi connectivity index (χ0n) is 6.98. The van der Waals surface area contributed by atoms with Crippen molar-refractivity contribution in [1.82, 2.24) is 4.98 Å². The van der Waals surface area contributed by atoms with Crippen LogP contribution in [0.15, 0.2) is 37.2 Å². The standard InChI is InChI=1S/C10H13NO/c1-2-3-4-10(12)9-5-7-11-8-6-9/h2,5-8,10,12H,1,3-4H2/t10-/m1/s1. The first kappa shape index (κ1) is 8.94. The number of aromatic nitrogens is 1. The molecule has 0 saturated carbocycles. The molecule has 12 heavy (non-hydrogen) atoms. The third kappa shape index (κ3) is 2.47. The van der Waals surface area contributed by atoms with Crippen molar-refractivity contribution in [3.63, 3.8) is 0 Å². The van der Waals surface area contributed by atoms with E-state index in [4.69, 9.17) is 0 Å². The van der Waals surface area contributed by atoms with E-state index in [1.54, 1.807) is 12.4 Å². The summed E-state index contributed by atoms with van der Waals surface area (Å²) in [6, 6.07) is 3.65. The van der Waals surface area contributed by atoms with Gasteiger partial charge in [0, 0.05) is 12.4 Å². The Bertz CT molecular complexity index is 233. The van der Waals surface area contributed by atoms with Gasteiger partial charge in [-0.25, -0.2) is 0 Å². The summed E-state index contributed by atoms with van der Waals surface area (Å²) in [4.78, 5) is 3.88. The molecule has 0 unspecified atom stereocenters. The summed E-state index contributed by atoms with van der Waals surface area (Å²) < 4.78 is 0. The highest BCUT2D eigenvalue weighted by Crippen LogP contribution is 2.16. The van der Waals surface area contributed by atoms with Crippen LogP contribution in [-0.2, 0) is 0 Å². The van der Waals surface area contributed by atoms with Crippen molar-refractivity contribution in [1.29, 1.82) is 0 Å². The molecule has 64 valence electrons. The van der Waals surface area contributed by atoms with Crippen LogP contribution in [-0.4, -0.2) is 10.1 Å². The Morgan fingerprint density at radius 2 is 2.17 bits per heavy atom. The van der Waals surface area contributed by atoms with Crippen LogP contribution in [0.3, 0.4) is 0 Å². The molecular weight excluding hydrogens is 150 g/mol. The highest BCUT2D eigenvalue weighted by Gasteiger charge is 2.04. The van der Waals surface area contributed by atoms with Crippen molar-refractivity contribution >= 4 is 0 Å². The Morgan fingerprint density at radius 1 is 1.50 bits per heavy atom. The summed E-state index contributed by atoms with van der Waals surface area (Å²) in [6.07, 6.45) is 6.37. The normalized spacial score (nSPS) is 12.4. The highest BCUT2D eigenvalue weighted by molar-refractivity contribution is 5.12. The Morgan fingerprint density at radius 3 is 2.75 bits per heavy atom. The number of allylic oxidation sites excluding steroid dienone is 1. The fraction of sp³-hybridized carbons (Fsp3) is 0.300. The molecule has 0 radical (unpaired) electrons. The van der Waals surface area contributed by atoms with Gasteiger partial charge < -0.3 is 5.11 Å². The summed E-state index contributed by atoms with van der Waals surface area (Å²) >= 11 is 0. The average molecular weight is 163 g/mol. The molecule has 1 aromatic rings. The van der Waals surface area contributed by atoms with Gasteiger partial charge in [0.2, 0.25) is 0 Å². The Balaban J connectivity index is 2.53. The van der Waals surface area contributed by atoms with Gasteiger partial charge in [0.25, 0.3) is 0 Å². The van der Waals surface area contributed by atoms with E-state index >= 15 is 0 Å². The molecule has 0 spiro atoms. The molecule has 0 aliphatic heterocycles. The van der Waals surface area contributed by atoms with Crippen molar-refractivity contribution < 1.29 is 5.11 Å². The summed E-state index contributed by atoms with van der Waals surface area (Å²) in [5, 5.41) is 9.58. The molecule has 2 heteroatoms. The molecule has 1 heterocycles. The van der Waals surface area contributed by atoms with Crippen molar-refractivity contribution in [3.05, 3.63) is 42.7 Å². The topological polar surface area (TPSA) is 33.1 Å². The third-order valence-electron chi connectivity index (χ3n) is 1.74. The number of aliphatic hydroxyl groups is 1. The maximum Gasteiger partial charge on any atom is 0.0794 e. The second-order valence-corrected chi connectivity index (χ2v) is 2.66. The van der Waals surface area contributed by atoms with Gasteiger partial charge in [0.05, 0.1) is 6.10 Å². The average Bonchev–Trinajstić information content (AvgIpc) is 2.15. The lowest BCUT2D eigenvalue weighted by atomic mass is 10.1. The van der Waals surface area contributed by atoms with E-state index in [-0.39, 0.29) is 6.10 Å². The number of pyridine rings is 1. The molecule has 0 bridgehead atoms. The van der Waals surface area contributed by atoms with Crippen LogP contribution in [0.5, 0.6) is 0 Å². The van der Waals surface area contributed by atoms with Crippen LogP contribution in [0.1, 0.15) is 24.5 Å². The number of hydrogen-bond acceptors (Lipinski definition) is 2. The van der Waals surface area contributed by atoms with Crippen LogP contribution >= 0.6 is 0 Å². The Kier molecular flexibility index (Phi) is 3.48. The van der Waals surface area contributed by atoms with Crippen LogP contribution in [0, 0.1) is 0 Å². The highest BCUT2D eigenvalue weighted by atomic mass is 16.3. The van der Waals surface area contributed by atoms with Crippen LogP contribution < -0.4 is 0 Å². The number of hydrogen-bond donors (Lipinski definition) is 1. The van der Waals surface area contributed by atoms with Gasteiger partial charge in [-0.1, -0.05) is 6.08 Å². The lowest BCUT2D eigenvalue weighted by Gasteiger charge is -2.07. The molecule has 1 rings (SSSR count). The van der Waals surface area contributed by atoms with Gasteiger partial charge in [-0.3, -0.25) is 4.98 Å². The molecular formula is C10H13NO. The van der Waals surface area contributed by atoms with Gasteiger partial charge in [0.1, 0.15) is 0 Å². The fourth-order valence-corrected chi connectivity index (χ4v) is 1.03. The van der Waals surface area contributed by atoms with Crippen molar-refractivity contribution in [2.45, 2.75) is 18.9 Å². The molecule has 1 N–H and O–H groups in total. The summed E-state index contributed by atoms with van der Waals surface area (Å²) in [6.45, 7) is 3.60. The van der Waals surface area contributed by atoms with E-state index in [0.29, 0.717) is 0 Å². The summed E-state index contributed by atoms with van der Waals surface area (Å²) in [5.74, 6) is 0. The predicted octanol–water partition coefficient (Wildman–Crippen LogP) is 2.08. The lowest BCUT2D eigenvalue weighted by molar-refractivity contribution is 0.168. The van der Waals surface area contributed by atoms with E-state index in [9.17, 15) is 5.11 Å². The van der Waals surface area contributed by atoms with E-state index in [0.717, 1.165) is 18.4 Å². The van der Waals surface area contributed by atoms with Crippen molar-refractivity contribution in [2.24, 2.45) is 0 Å². The largest absolute Gasteiger partial charge is 0.388 e. The van der Waals surface area contributed by atoms with Gasteiger partial charge >= 0.3 is 0 Å². The van der Waals surface area contributed by atoms with E-state index in [2.05, 4.69) is 11.6 Å². The van der Waals surface area contributed by atoms with Gasteiger partial charge in [-0.2, -0.15) is 0 Å². The Labute approximate surface area is 72.6 Å². The van der Waals surface area contributed by atoms with Gasteiger partial charge in [0.15, 0.2) is 0 Å². The first-order valence-electron chi connectivity index (χ1n) is 4.03. The number of nitrogens with zero attached hydrogens (tertiary/aromatic N) is 1. The smallest absolute Gasteiger partial charge is 0.0794 e. The first-order chi connectivity index (χ1) is 5.84. The lowest BCUT2D eigenvalue weighted by Crippen LogP contribution is -1.96. The molecule has 0 aliphatic rings. The second-order valence-electron chi connectivity index (χ2n) is 2.66. The molecule has 1 atom stereocenters. The maximum atomic E-state index is 9.58. The zero-order valence-corrected chi connectivity index (χ0v) is 6.98. The van der Waals surface area contributed by atoms with Crippen LogP contribution in [0.25, 0.3) is 0 Å². The van der Waals surface area contributed by atoms with Gasteiger partial charge in [-0.15, -0.1) is 6.58 Å². The summed E-state index contributed by atoms with van der Waals surface area (Å²) in [7, 11) is 0. The minimum absolute atomic E-state index is 0.383. The van der Waals surface area contributed by atoms with E-state index in [1.807, 2.05) is 18.2 Å². The number of rotatable bonds is 4. The second kappa shape index (κ2) is 4.67. The van der Waals surface area contributed by atoms with Crippen molar-refractivity contribution in [2.75, 3.05) is 0 Å². The molecule has 0 aliphatic carbocycles. The summed E-state index contributed by atoms with van der Waals surface area (Å²) in [5.41, 5.74) is 0.923. The monoisotopic (exact) mass is 163 g/mol. The molecule has 0 amide bonds. The van der Waals surface area contributed by atoms with Crippen LogP contribution in [0.4, 0.5) is 0 Å². The Hall–Kier alpha value is -1.15. The zero-order chi connectivity index (χ0) is 8.81. The number of aliphatic hydroxyl groups excluding tert-OH is 1. The molecule has 0 saturated heterocycles. The maximum absolute atomic E-state index is 9.58. The molecule has 1 aromatic heterocycles. The van der Waals surface area contributed by atoms with E-state index < -0.39 is 0 Å².